The van der Waals surface area contributed by atoms with Crippen molar-refractivity contribution < 1.29 is 18.7 Å². The van der Waals surface area contributed by atoms with Crippen LogP contribution in [-0.2, 0) is 22.6 Å². The Morgan fingerprint density at radius 2 is 1.80 bits per heavy atom. The maximum atomic E-state index is 12.0. The molecule has 128 valence electrons. The molecule has 1 heterocycles. The molecule has 0 spiro atoms. The van der Waals surface area contributed by atoms with Gasteiger partial charge in [0.05, 0.1) is 13.5 Å². The molecule has 1 aromatic heterocycles. The Labute approximate surface area is 146 Å². The lowest BCUT2D eigenvalue weighted by Crippen LogP contribution is -2.08. The summed E-state index contributed by atoms with van der Waals surface area (Å²) in [5, 5.41) is 0. The van der Waals surface area contributed by atoms with Crippen LogP contribution in [0.3, 0.4) is 0 Å². The van der Waals surface area contributed by atoms with Gasteiger partial charge in [-0.2, -0.15) is 0 Å². The monoisotopic (exact) mass is 337 g/mol. The van der Waals surface area contributed by atoms with E-state index in [-0.39, 0.29) is 19.0 Å². The molecule has 0 saturated carbocycles. The van der Waals surface area contributed by atoms with Crippen LogP contribution in [0.1, 0.15) is 17.0 Å². The van der Waals surface area contributed by atoms with E-state index in [1.54, 1.807) is 7.11 Å². The predicted molar refractivity (Wildman–Crippen MR) is 93.2 cm³/mol. The summed E-state index contributed by atoms with van der Waals surface area (Å²) in [5.74, 6) is 1.62. The summed E-state index contributed by atoms with van der Waals surface area (Å²) in [5.41, 5.74) is 2.39. The number of rotatable bonds is 6. The second-order valence-electron chi connectivity index (χ2n) is 5.57. The van der Waals surface area contributed by atoms with Gasteiger partial charge in [-0.05, 0) is 36.8 Å². The Bertz CT molecular complexity index is 838. The van der Waals surface area contributed by atoms with Gasteiger partial charge < -0.3 is 13.9 Å². The van der Waals surface area contributed by atoms with Gasteiger partial charge in [0.25, 0.3) is 0 Å². The second-order valence-corrected chi connectivity index (χ2v) is 5.57. The lowest BCUT2D eigenvalue weighted by atomic mass is 10.1. The lowest BCUT2D eigenvalue weighted by molar-refractivity contribution is -0.144. The number of hydrogen-bond donors (Lipinski definition) is 0. The van der Waals surface area contributed by atoms with Crippen LogP contribution in [0.2, 0.25) is 0 Å². The highest BCUT2D eigenvalue weighted by Crippen LogP contribution is 2.22. The molecule has 0 aliphatic rings. The molecular formula is C20H19NO4. The van der Waals surface area contributed by atoms with E-state index >= 15 is 0 Å². The van der Waals surface area contributed by atoms with E-state index < -0.39 is 0 Å². The van der Waals surface area contributed by atoms with Gasteiger partial charge in [-0.15, -0.1) is 0 Å². The van der Waals surface area contributed by atoms with Crippen molar-refractivity contribution >= 4 is 5.97 Å². The standard InChI is InChI=1S/C20H19NO4/c1-14-18(21-20(25-14)16-6-4-3-5-7-16)13-24-19(22)12-15-8-10-17(23-2)11-9-15/h3-11H,12-13H2,1-2H3. The fraction of sp³-hybridized carbons (Fsp3) is 0.200. The smallest absolute Gasteiger partial charge is 0.310 e. The van der Waals surface area contributed by atoms with E-state index in [4.69, 9.17) is 13.9 Å². The van der Waals surface area contributed by atoms with Crippen LogP contribution in [0.5, 0.6) is 5.75 Å². The van der Waals surface area contributed by atoms with E-state index in [0.717, 1.165) is 16.9 Å². The van der Waals surface area contributed by atoms with Crippen LogP contribution in [0.4, 0.5) is 0 Å². The molecular weight excluding hydrogens is 318 g/mol. The number of benzene rings is 2. The minimum absolute atomic E-state index is 0.0944. The summed E-state index contributed by atoms with van der Waals surface area (Å²) < 4.78 is 16.1. The molecule has 2 aromatic carbocycles. The predicted octanol–water partition coefficient (Wildman–Crippen LogP) is 3.94. The van der Waals surface area contributed by atoms with Crippen LogP contribution in [0.25, 0.3) is 11.5 Å². The van der Waals surface area contributed by atoms with Gasteiger partial charge in [0.1, 0.15) is 23.8 Å². The first-order chi connectivity index (χ1) is 12.2. The summed E-state index contributed by atoms with van der Waals surface area (Å²) in [6.45, 7) is 1.91. The number of aryl methyl sites for hydroxylation is 1. The van der Waals surface area contributed by atoms with Crippen molar-refractivity contribution in [1.29, 1.82) is 0 Å². The highest BCUT2D eigenvalue weighted by molar-refractivity contribution is 5.72. The largest absolute Gasteiger partial charge is 0.497 e. The van der Waals surface area contributed by atoms with Gasteiger partial charge in [-0.25, -0.2) is 4.98 Å². The number of methoxy groups -OCH3 is 1. The molecule has 5 nitrogen and oxygen atoms in total. The Kier molecular flexibility index (Phi) is 5.14. The summed E-state index contributed by atoms with van der Waals surface area (Å²) in [4.78, 5) is 16.4. The topological polar surface area (TPSA) is 61.6 Å². The lowest BCUT2D eigenvalue weighted by Gasteiger charge is -2.04. The number of nitrogens with zero attached hydrogens (tertiary/aromatic N) is 1. The molecule has 0 atom stereocenters. The molecule has 0 fully saturated rings. The summed E-state index contributed by atoms with van der Waals surface area (Å²) in [6, 6.07) is 16.9. The maximum Gasteiger partial charge on any atom is 0.310 e. The zero-order valence-corrected chi connectivity index (χ0v) is 14.2. The average molecular weight is 337 g/mol. The quantitative estimate of drug-likeness (QED) is 0.638. The van der Waals surface area contributed by atoms with Crippen molar-refractivity contribution in [2.24, 2.45) is 0 Å². The van der Waals surface area contributed by atoms with Crippen LogP contribution in [0.15, 0.2) is 59.0 Å². The molecule has 25 heavy (non-hydrogen) atoms. The minimum atomic E-state index is -0.311. The zero-order valence-electron chi connectivity index (χ0n) is 14.2. The van der Waals surface area contributed by atoms with Crippen LogP contribution in [-0.4, -0.2) is 18.1 Å². The highest BCUT2D eigenvalue weighted by Gasteiger charge is 2.13. The number of carbonyl (C=O) groups is 1. The molecule has 3 aromatic rings. The Morgan fingerprint density at radius 3 is 2.48 bits per heavy atom. The highest BCUT2D eigenvalue weighted by atomic mass is 16.5. The molecule has 3 rings (SSSR count). The third-order valence-electron chi connectivity index (χ3n) is 3.79. The van der Waals surface area contributed by atoms with Gasteiger partial charge in [-0.3, -0.25) is 4.79 Å². The first-order valence-corrected chi connectivity index (χ1v) is 7.96. The van der Waals surface area contributed by atoms with Gasteiger partial charge >= 0.3 is 5.97 Å². The van der Waals surface area contributed by atoms with Gasteiger partial charge in [0.15, 0.2) is 0 Å². The Balaban J connectivity index is 1.59. The fourth-order valence-corrected chi connectivity index (χ4v) is 2.38. The van der Waals surface area contributed by atoms with Gasteiger partial charge in [0, 0.05) is 5.56 Å². The van der Waals surface area contributed by atoms with E-state index in [1.165, 1.54) is 0 Å². The van der Waals surface area contributed by atoms with Crippen LogP contribution in [0, 0.1) is 6.92 Å². The number of esters is 1. The second kappa shape index (κ2) is 7.66. The number of ether oxygens (including phenoxy) is 2. The third kappa shape index (κ3) is 4.26. The Hall–Kier alpha value is -3.08. The molecule has 0 aliphatic heterocycles. The molecule has 0 N–H and O–H groups in total. The fourth-order valence-electron chi connectivity index (χ4n) is 2.38. The molecule has 0 bridgehead atoms. The summed E-state index contributed by atoms with van der Waals surface area (Å²) >= 11 is 0. The van der Waals surface area contributed by atoms with E-state index in [2.05, 4.69) is 4.98 Å². The number of oxazole rings is 1. The molecule has 0 amide bonds. The normalized spacial score (nSPS) is 10.5. The summed E-state index contributed by atoms with van der Waals surface area (Å²) in [7, 11) is 1.60. The van der Waals surface area contributed by atoms with Crippen molar-refractivity contribution in [3.8, 4) is 17.2 Å². The minimum Gasteiger partial charge on any atom is -0.497 e. The van der Waals surface area contributed by atoms with Crippen molar-refractivity contribution in [1.82, 2.24) is 4.98 Å². The molecule has 0 unspecified atom stereocenters. The van der Waals surface area contributed by atoms with Crippen LogP contribution >= 0.6 is 0 Å². The first-order valence-electron chi connectivity index (χ1n) is 7.96. The SMILES string of the molecule is COc1ccc(CC(=O)OCc2nc(-c3ccccc3)oc2C)cc1. The molecule has 5 heteroatoms. The number of carbonyl (C=O) groups excluding carboxylic acids is 1. The third-order valence-corrected chi connectivity index (χ3v) is 3.79. The first kappa shape index (κ1) is 16.8. The average Bonchev–Trinajstić information content (AvgIpc) is 3.02. The van der Waals surface area contributed by atoms with Gasteiger partial charge in [-0.1, -0.05) is 30.3 Å². The van der Waals surface area contributed by atoms with Crippen molar-refractivity contribution in [2.75, 3.05) is 7.11 Å². The van der Waals surface area contributed by atoms with E-state index in [1.807, 2.05) is 61.5 Å². The Morgan fingerprint density at radius 1 is 1.08 bits per heavy atom. The molecule has 0 radical (unpaired) electrons. The van der Waals surface area contributed by atoms with E-state index in [9.17, 15) is 4.79 Å². The van der Waals surface area contributed by atoms with Crippen molar-refractivity contribution in [3.05, 3.63) is 71.6 Å². The van der Waals surface area contributed by atoms with E-state index in [0.29, 0.717) is 17.3 Å². The van der Waals surface area contributed by atoms with Gasteiger partial charge in [0.2, 0.25) is 5.89 Å². The van der Waals surface area contributed by atoms with Crippen molar-refractivity contribution in [3.63, 3.8) is 0 Å². The van der Waals surface area contributed by atoms with Crippen molar-refractivity contribution in [2.45, 2.75) is 20.0 Å². The maximum absolute atomic E-state index is 12.0. The number of hydrogen-bond acceptors (Lipinski definition) is 5. The summed E-state index contributed by atoms with van der Waals surface area (Å²) in [6.07, 6.45) is 0.201. The molecule has 0 saturated heterocycles. The van der Waals surface area contributed by atoms with Crippen LogP contribution < -0.4 is 4.74 Å². The molecule has 0 aliphatic carbocycles. The number of aromatic nitrogens is 1. The zero-order chi connectivity index (χ0) is 17.6.